The Bertz CT molecular complexity index is 604. The second kappa shape index (κ2) is 16.3. The van der Waals surface area contributed by atoms with Gasteiger partial charge in [-0.25, -0.2) is 4.79 Å². The molecule has 29 heavy (non-hydrogen) atoms. The van der Waals surface area contributed by atoms with Crippen molar-refractivity contribution in [3.8, 4) is 0 Å². The fraction of sp³-hybridized carbons (Fsp3) is 0.545. The Morgan fingerprint density at radius 3 is 2.03 bits per heavy atom. The van der Waals surface area contributed by atoms with Crippen LogP contribution in [0, 0.1) is 0 Å². The third-order valence-corrected chi connectivity index (χ3v) is 5.65. The normalized spacial score (nSPS) is 10.6. The van der Waals surface area contributed by atoms with Crippen LogP contribution in [-0.2, 0) is 9.53 Å². The molecule has 7 heteroatoms. The van der Waals surface area contributed by atoms with Crippen molar-refractivity contribution < 1.29 is 24.4 Å². The molecule has 0 saturated carbocycles. The second-order valence-electron chi connectivity index (χ2n) is 7.03. The standard InChI is InChI=1S/C22H33BO5S/c1-2-22(25)28-16-10-8-6-4-3-5-7-9-11-17-29-18-21(24)19-12-14-20(15-13-19)23(26)27/h2,12-15,26-27H,1,3-11,16-18H2. The van der Waals surface area contributed by atoms with Crippen LogP contribution in [-0.4, -0.2) is 47.0 Å². The number of carbonyl (C=O) groups is 2. The van der Waals surface area contributed by atoms with Crippen molar-refractivity contribution in [1.82, 2.24) is 0 Å². The van der Waals surface area contributed by atoms with E-state index in [0.29, 0.717) is 23.4 Å². The van der Waals surface area contributed by atoms with E-state index in [0.717, 1.165) is 25.0 Å². The Kier molecular flexibility index (Phi) is 14.3. The minimum Gasteiger partial charge on any atom is -0.463 e. The number of carbonyl (C=O) groups excluding carboxylic acids is 2. The SMILES string of the molecule is C=CC(=O)OCCCCCCCCCCCSCC(=O)c1ccc(B(O)O)cc1. The minimum absolute atomic E-state index is 0.0771. The van der Waals surface area contributed by atoms with Gasteiger partial charge in [0.1, 0.15) is 0 Å². The molecule has 0 radical (unpaired) electrons. The zero-order valence-electron chi connectivity index (χ0n) is 17.2. The molecule has 0 aliphatic heterocycles. The van der Waals surface area contributed by atoms with Crippen LogP contribution in [0.2, 0.25) is 0 Å². The van der Waals surface area contributed by atoms with Gasteiger partial charge in [-0.2, -0.15) is 11.8 Å². The molecule has 0 fully saturated rings. The lowest BCUT2D eigenvalue weighted by Crippen LogP contribution is -2.29. The van der Waals surface area contributed by atoms with Gasteiger partial charge >= 0.3 is 13.1 Å². The van der Waals surface area contributed by atoms with E-state index in [1.54, 1.807) is 36.0 Å². The molecular weight excluding hydrogens is 387 g/mol. The fourth-order valence-electron chi connectivity index (χ4n) is 2.86. The number of hydrogen-bond donors (Lipinski definition) is 2. The molecule has 0 aliphatic carbocycles. The highest BCUT2D eigenvalue weighted by Gasteiger charge is 2.12. The summed E-state index contributed by atoms with van der Waals surface area (Å²) in [5.74, 6) is 1.18. The van der Waals surface area contributed by atoms with Crippen molar-refractivity contribution in [3.63, 3.8) is 0 Å². The third kappa shape index (κ3) is 12.6. The van der Waals surface area contributed by atoms with Crippen LogP contribution in [0.3, 0.4) is 0 Å². The van der Waals surface area contributed by atoms with Gasteiger partial charge in [-0.1, -0.05) is 75.8 Å². The zero-order valence-corrected chi connectivity index (χ0v) is 18.0. The molecule has 5 nitrogen and oxygen atoms in total. The van der Waals surface area contributed by atoms with E-state index in [2.05, 4.69) is 6.58 Å². The Morgan fingerprint density at radius 1 is 0.931 bits per heavy atom. The Hall–Kier alpha value is -1.57. The number of thioether (sulfide) groups is 1. The molecule has 1 rings (SSSR count). The van der Waals surface area contributed by atoms with Crippen LogP contribution in [0.5, 0.6) is 0 Å². The molecule has 0 amide bonds. The summed E-state index contributed by atoms with van der Waals surface area (Å²) in [6.07, 6.45) is 11.7. The molecule has 2 N–H and O–H groups in total. The van der Waals surface area contributed by atoms with E-state index in [-0.39, 0.29) is 11.8 Å². The van der Waals surface area contributed by atoms with Crippen molar-refractivity contribution in [2.24, 2.45) is 0 Å². The Balaban J connectivity index is 1.90. The lowest BCUT2D eigenvalue weighted by atomic mass is 9.80. The first-order chi connectivity index (χ1) is 14.0. The first kappa shape index (κ1) is 25.5. The summed E-state index contributed by atoms with van der Waals surface area (Å²) < 4.78 is 4.94. The van der Waals surface area contributed by atoms with E-state index in [1.807, 2.05) is 0 Å². The van der Waals surface area contributed by atoms with Gasteiger partial charge in [0.15, 0.2) is 5.78 Å². The number of ketones is 1. The van der Waals surface area contributed by atoms with Gasteiger partial charge in [-0.15, -0.1) is 0 Å². The monoisotopic (exact) mass is 420 g/mol. The van der Waals surface area contributed by atoms with Gasteiger partial charge in [0.25, 0.3) is 0 Å². The van der Waals surface area contributed by atoms with Crippen molar-refractivity contribution in [1.29, 1.82) is 0 Å². The number of esters is 1. The van der Waals surface area contributed by atoms with Gasteiger partial charge in [-0.3, -0.25) is 4.79 Å². The first-order valence-electron chi connectivity index (χ1n) is 10.4. The van der Waals surface area contributed by atoms with Gasteiger partial charge < -0.3 is 14.8 Å². The van der Waals surface area contributed by atoms with E-state index < -0.39 is 7.12 Å². The van der Waals surface area contributed by atoms with E-state index >= 15 is 0 Å². The second-order valence-corrected chi connectivity index (χ2v) is 8.13. The summed E-state index contributed by atoms with van der Waals surface area (Å²) in [6, 6.07) is 6.43. The van der Waals surface area contributed by atoms with Crippen molar-refractivity contribution in [2.45, 2.75) is 57.8 Å². The van der Waals surface area contributed by atoms with Crippen molar-refractivity contribution in [2.75, 3.05) is 18.1 Å². The van der Waals surface area contributed by atoms with Crippen LogP contribution < -0.4 is 5.46 Å². The maximum Gasteiger partial charge on any atom is 0.488 e. The smallest absolute Gasteiger partial charge is 0.463 e. The fourth-order valence-corrected chi connectivity index (χ4v) is 3.77. The summed E-state index contributed by atoms with van der Waals surface area (Å²) in [7, 11) is -1.50. The molecule has 0 spiro atoms. The summed E-state index contributed by atoms with van der Waals surface area (Å²) in [4.78, 5) is 23.0. The van der Waals surface area contributed by atoms with Crippen LogP contribution >= 0.6 is 11.8 Å². The number of hydrogen-bond acceptors (Lipinski definition) is 6. The van der Waals surface area contributed by atoms with Gasteiger partial charge in [-0.05, 0) is 24.1 Å². The summed E-state index contributed by atoms with van der Waals surface area (Å²) in [6.45, 7) is 3.85. The Labute approximate surface area is 179 Å². The van der Waals surface area contributed by atoms with Crippen molar-refractivity contribution in [3.05, 3.63) is 42.5 Å². The topological polar surface area (TPSA) is 83.8 Å². The lowest BCUT2D eigenvalue weighted by molar-refractivity contribution is -0.137. The highest BCUT2D eigenvalue weighted by atomic mass is 32.2. The molecular formula is C22H33BO5S. The highest BCUT2D eigenvalue weighted by molar-refractivity contribution is 7.99. The average Bonchev–Trinajstić information content (AvgIpc) is 2.73. The van der Waals surface area contributed by atoms with Gasteiger partial charge in [0, 0.05) is 11.6 Å². The number of ether oxygens (including phenoxy) is 1. The lowest BCUT2D eigenvalue weighted by Gasteiger charge is -2.05. The predicted octanol–water partition coefficient (Wildman–Crippen LogP) is 3.52. The van der Waals surface area contributed by atoms with E-state index in [4.69, 9.17) is 14.8 Å². The summed E-state index contributed by atoms with van der Waals surface area (Å²) in [5.41, 5.74) is 1.00. The molecule has 0 atom stereocenters. The number of unbranched alkanes of at least 4 members (excludes halogenated alkanes) is 8. The maximum absolute atomic E-state index is 12.1. The molecule has 0 unspecified atom stereocenters. The predicted molar refractivity (Wildman–Crippen MR) is 121 cm³/mol. The molecule has 1 aromatic carbocycles. The largest absolute Gasteiger partial charge is 0.488 e. The number of benzene rings is 1. The van der Waals surface area contributed by atoms with E-state index in [9.17, 15) is 9.59 Å². The van der Waals surface area contributed by atoms with Crippen molar-refractivity contribution >= 4 is 36.1 Å². The first-order valence-corrected chi connectivity index (χ1v) is 11.6. The van der Waals surface area contributed by atoms with Crippen LogP contribution in [0.15, 0.2) is 36.9 Å². The summed E-state index contributed by atoms with van der Waals surface area (Å²) >= 11 is 1.66. The number of rotatable bonds is 17. The average molecular weight is 420 g/mol. The van der Waals surface area contributed by atoms with Gasteiger partial charge in [0.2, 0.25) is 0 Å². The molecule has 1 aromatic rings. The number of Topliss-reactive ketones (excluding diaryl/α,β-unsaturated/α-hetero) is 1. The van der Waals surface area contributed by atoms with Gasteiger partial charge in [0.05, 0.1) is 12.4 Å². The molecule has 0 aliphatic rings. The minimum atomic E-state index is -1.50. The highest BCUT2D eigenvalue weighted by Crippen LogP contribution is 2.13. The quantitative estimate of drug-likeness (QED) is 0.132. The van der Waals surface area contributed by atoms with Crippen LogP contribution in [0.25, 0.3) is 0 Å². The van der Waals surface area contributed by atoms with Crippen LogP contribution in [0.1, 0.15) is 68.1 Å². The van der Waals surface area contributed by atoms with E-state index in [1.165, 1.54) is 44.6 Å². The molecule has 0 bridgehead atoms. The Morgan fingerprint density at radius 2 is 1.48 bits per heavy atom. The summed E-state index contributed by atoms with van der Waals surface area (Å²) in [5, 5.41) is 18.1. The molecule has 0 aromatic heterocycles. The zero-order chi connectivity index (χ0) is 21.3. The van der Waals surface area contributed by atoms with Crippen LogP contribution in [0.4, 0.5) is 0 Å². The molecule has 160 valence electrons. The maximum atomic E-state index is 12.1. The third-order valence-electron chi connectivity index (χ3n) is 4.61. The molecule has 0 saturated heterocycles. The molecule has 0 heterocycles.